The fourth-order valence-electron chi connectivity index (χ4n) is 2.07. The zero-order valence-electron chi connectivity index (χ0n) is 12.5. The van der Waals surface area contributed by atoms with Crippen molar-refractivity contribution in [3.63, 3.8) is 0 Å². The Kier molecular flexibility index (Phi) is 7.36. The van der Waals surface area contributed by atoms with Crippen molar-refractivity contribution in [3.8, 4) is 0 Å². The van der Waals surface area contributed by atoms with E-state index in [0.717, 1.165) is 12.1 Å². The molecule has 0 unspecified atom stereocenters. The van der Waals surface area contributed by atoms with Crippen LogP contribution in [-0.2, 0) is 19.6 Å². The molecule has 2 N–H and O–H groups in total. The summed E-state index contributed by atoms with van der Waals surface area (Å²) in [6.07, 6.45) is 0. The maximum Gasteiger partial charge on any atom is 0.246 e. The molecule has 1 fully saturated rings. The summed E-state index contributed by atoms with van der Waals surface area (Å²) in [6, 6.07) is 3.48. The first-order valence-corrected chi connectivity index (χ1v) is 8.21. The van der Waals surface area contributed by atoms with Gasteiger partial charge < -0.3 is 15.4 Å². The summed E-state index contributed by atoms with van der Waals surface area (Å²) in [7, 11) is -2.34. The van der Waals surface area contributed by atoms with Gasteiger partial charge in [-0.1, -0.05) is 0 Å². The Morgan fingerprint density at radius 1 is 1.35 bits per heavy atom. The fourth-order valence-corrected chi connectivity index (χ4v) is 3.57. The molecule has 1 amide bonds. The molecule has 1 heterocycles. The van der Waals surface area contributed by atoms with Gasteiger partial charge in [-0.15, -0.1) is 12.4 Å². The fraction of sp³-hybridized carbons (Fsp3) is 0.462. The Morgan fingerprint density at radius 2 is 2.00 bits per heavy atom. The van der Waals surface area contributed by atoms with Crippen LogP contribution in [0.15, 0.2) is 23.1 Å². The molecule has 7 nitrogen and oxygen atoms in total. The van der Waals surface area contributed by atoms with Crippen LogP contribution < -0.4 is 10.6 Å². The van der Waals surface area contributed by atoms with Gasteiger partial charge in [0, 0.05) is 18.8 Å². The van der Waals surface area contributed by atoms with E-state index >= 15 is 0 Å². The quantitative estimate of drug-likeness (QED) is 0.787. The number of nitrogens with one attached hydrogen (secondary N) is 2. The van der Waals surface area contributed by atoms with Crippen molar-refractivity contribution in [2.45, 2.75) is 4.90 Å². The van der Waals surface area contributed by atoms with E-state index in [1.54, 1.807) is 7.05 Å². The molecule has 0 aliphatic carbocycles. The molecular formula is C13H19ClFN3O4S. The monoisotopic (exact) mass is 367 g/mol. The number of sulfonamides is 1. The summed E-state index contributed by atoms with van der Waals surface area (Å²) in [4.78, 5) is 11.1. The summed E-state index contributed by atoms with van der Waals surface area (Å²) >= 11 is 0. The number of benzene rings is 1. The number of hydrogen-bond donors (Lipinski definition) is 2. The Balaban J connectivity index is 0.00000264. The minimum absolute atomic E-state index is 0. The van der Waals surface area contributed by atoms with E-state index in [4.69, 9.17) is 4.74 Å². The van der Waals surface area contributed by atoms with Gasteiger partial charge >= 0.3 is 0 Å². The third-order valence-electron chi connectivity index (χ3n) is 3.14. The van der Waals surface area contributed by atoms with Crippen molar-refractivity contribution in [3.05, 3.63) is 24.0 Å². The normalized spacial score (nSPS) is 15.7. The van der Waals surface area contributed by atoms with Crippen LogP contribution in [0.3, 0.4) is 0 Å². The summed E-state index contributed by atoms with van der Waals surface area (Å²) in [5.74, 6) is -1.19. The van der Waals surface area contributed by atoms with Gasteiger partial charge in [0.25, 0.3) is 0 Å². The Labute approximate surface area is 140 Å². The van der Waals surface area contributed by atoms with Crippen molar-refractivity contribution in [1.82, 2.24) is 9.62 Å². The van der Waals surface area contributed by atoms with Gasteiger partial charge in [-0.2, -0.15) is 4.31 Å². The molecule has 23 heavy (non-hydrogen) atoms. The van der Waals surface area contributed by atoms with Gasteiger partial charge in [0.2, 0.25) is 15.9 Å². The van der Waals surface area contributed by atoms with Crippen molar-refractivity contribution < 1.29 is 22.3 Å². The predicted octanol–water partition coefficient (Wildman–Crippen LogP) is 0.426. The second-order valence-corrected chi connectivity index (χ2v) is 6.65. The second kappa shape index (κ2) is 8.55. The van der Waals surface area contributed by atoms with Gasteiger partial charge in [-0.05, 0) is 25.2 Å². The van der Waals surface area contributed by atoms with E-state index < -0.39 is 20.7 Å². The first-order chi connectivity index (χ1) is 10.4. The molecule has 0 spiro atoms. The number of likely N-dealkylation sites (N-methyl/N-ethyl adjacent to an activating group) is 1. The zero-order chi connectivity index (χ0) is 16.2. The van der Waals surface area contributed by atoms with Crippen LogP contribution in [0, 0.1) is 5.82 Å². The van der Waals surface area contributed by atoms with Crippen LogP contribution in [0.1, 0.15) is 0 Å². The predicted molar refractivity (Wildman–Crippen MR) is 85.8 cm³/mol. The highest BCUT2D eigenvalue weighted by Gasteiger charge is 2.29. The number of morpholine rings is 1. The van der Waals surface area contributed by atoms with Crippen LogP contribution in [0.4, 0.5) is 10.1 Å². The molecule has 0 atom stereocenters. The Hall–Kier alpha value is -1.26. The molecule has 1 saturated heterocycles. The lowest BCUT2D eigenvalue weighted by atomic mass is 10.3. The number of hydrogen-bond acceptors (Lipinski definition) is 5. The molecule has 0 bridgehead atoms. The highest BCUT2D eigenvalue weighted by Crippen LogP contribution is 2.23. The topological polar surface area (TPSA) is 87.7 Å². The van der Waals surface area contributed by atoms with E-state index in [1.807, 2.05) is 0 Å². The van der Waals surface area contributed by atoms with Gasteiger partial charge in [0.15, 0.2) is 0 Å². The van der Waals surface area contributed by atoms with Crippen molar-refractivity contribution in [2.24, 2.45) is 0 Å². The van der Waals surface area contributed by atoms with Crippen LogP contribution in [0.5, 0.6) is 0 Å². The molecule has 1 aromatic rings. The molecule has 1 aromatic carbocycles. The second-order valence-electron chi connectivity index (χ2n) is 4.74. The molecule has 10 heteroatoms. The molecule has 2 rings (SSSR count). The SMILES string of the molecule is CNCC(=O)Nc1ccc(F)c(S(=O)(=O)N2CCOCC2)c1.Cl. The van der Waals surface area contributed by atoms with Crippen molar-refractivity contribution in [2.75, 3.05) is 45.2 Å². The van der Waals surface area contributed by atoms with Crippen LogP contribution >= 0.6 is 12.4 Å². The third kappa shape index (κ3) is 4.85. The van der Waals surface area contributed by atoms with Gasteiger partial charge in [0.1, 0.15) is 10.7 Å². The first-order valence-electron chi connectivity index (χ1n) is 6.77. The highest BCUT2D eigenvalue weighted by molar-refractivity contribution is 7.89. The number of amides is 1. The number of carbonyl (C=O) groups is 1. The number of nitrogens with zero attached hydrogens (tertiary/aromatic N) is 1. The molecule has 0 radical (unpaired) electrons. The summed E-state index contributed by atoms with van der Waals surface area (Å²) in [5.41, 5.74) is 0.230. The van der Waals surface area contributed by atoms with Gasteiger partial charge in [-0.25, -0.2) is 12.8 Å². The van der Waals surface area contributed by atoms with E-state index in [2.05, 4.69) is 10.6 Å². The Bertz CT molecular complexity index is 651. The number of carbonyl (C=O) groups excluding carboxylic acids is 1. The number of anilines is 1. The molecule has 0 saturated carbocycles. The highest BCUT2D eigenvalue weighted by atomic mass is 35.5. The minimum Gasteiger partial charge on any atom is -0.379 e. The molecule has 0 aromatic heterocycles. The average molecular weight is 368 g/mol. The van der Waals surface area contributed by atoms with E-state index in [1.165, 1.54) is 10.4 Å². The molecule has 130 valence electrons. The summed E-state index contributed by atoms with van der Waals surface area (Å²) in [6.45, 7) is 0.984. The van der Waals surface area contributed by atoms with Crippen LogP contribution in [0.25, 0.3) is 0 Å². The average Bonchev–Trinajstić information content (AvgIpc) is 2.50. The number of ether oxygens (including phenoxy) is 1. The van der Waals surface area contributed by atoms with Gasteiger partial charge in [-0.3, -0.25) is 4.79 Å². The maximum atomic E-state index is 13.9. The third-order valence-corrected chi connectivity index (χ3v) is 5.05. The Morgan fingerprint density at radius 3 is 2.61 bits per heavy atom. The van der Waals surface area contributed by atoms with Crippen molar-refractivity contribution in [1.29, 1.82) is 0 Å². The van der Waals surface area contributed by atoms with Crippen molar-refractivity contribution >= 4 is 34.0 Å². The largest absolute Gasteiger partial charge is 0.379 e. The molecule has 1 aliphatic heterocycles. The lowest BCUT2D eigenvalue weighted by molar-refractivity contribution is -0.115. The zero-order valence-corrected chi connectivity index (χ0v) is 14.2. The lowest BCUT2D eigenvalue weighted by Gasteiger charge is -2.26. The molecular weight excluding hydrogens is 349 g/mol. The number of halogens is 2. The van der Waals surface area contributed by atoms with Crippen LogP contribution in [0.2, 0.25) is 0 Å². The van der Waals surface area contributed by atoms with E-state index in [0.29, 0.717) is 0 Å². The van der Waals surface area contributed by atoms with E-state index in [-0.39, 0.29) is 56.8 Å². The summed E-state index contributed by atoms with van der Waals surface area (Å²) < 4.78 is 45.2. The van der Waals surface area contributed by atoms with Gasteiger partial charge in [0.05, 0.1) is 19.8 Å². The lowest BCUT2D eigenvalue weighted by Crippen LogP contribution is -2.40. The first kappa shape index (κ1) is 19.8. The number of rotatable bonds is 5. The minimum atomic E-state index is -3.95. The maximum absolute atomic E-state index is 13.9. The standard InChI is InChI=1S/C13H18FN3O4S.ClH/c1-15-9-13(18)16-10-2-3-11(14)12(8-10)22(19,20)17-4-6-21-7-5-17;/h2-3,8,15H,4-7,9H2,1H3,(H,16,18);1H. The van der Waals surface area contributed by atoms with Crippen LogP contribution in [-0.4, -0.2) is 58.5 Å². The smallest absolute Gasteiger partial charge is 0.246 e. The molecule has 1 aliphatic rings. The van der Waals surface area contributed by atoms with E-state index in [9.17, 15) is 17.6 Å². The summed E-state index contributed by atoms with van der Waals surface area (Å²) in [5, 5.41) is 5.18.